The molecule has 0 radical (unpaired) electrons. The largest absolute Gasteiger partial charge is 0.454 e. The van der Waals surface area contributed by atoms with Crippen molar-refractivity contribution in [1.29, 1.82) is 0 Å². The zero-order valence-corrected chi connectivity index (χ0v) is 14.7. The summed E-state index contributed by atoms with van der Waals surface area (Å²) in [6.07, 6.45) is 2.33. The monoisotopic (exact) mass is 380 g/mol. The third-order valence-electron chi connectivity index (χ3n) is 4.11. The summed E-state index contributed by atoms with van der Waals surface area (Å²) in [7, 11) is 0. The van der Waals surface area contributed by atoms with Crippen molar-refractivity contribution >= 4 is 29.6 Å². The van der Waals surface area contributed by atoms with Crippen LogP contribution in [0, 0.1) is 0 Å². The normalized spacial score (nSPS) is 11.9. The second-order valence-electron chi connectivity index (χ2n) is 5.78. The molecule has 0 saturated carbocycles. The molecule has 1 N–H and O–H groups in total. The van der Waals surface area contributed by atoms with Crippen molar-refractivity contribution in [1.82, 2.24) is 4.98 Å². The number of nitrogens with one attached hydrogen (secondary N) is 1. The van der Waals surface area contributed by atoms with Crippen LogP contribution in [0.4, 0.5) is 5.82 Å². The molecule has 0 spiro atoms. The minimum atomic E-state index is -0.350. The van der Waals surface area contributed by atoms with E-state index in [0.717, 1.165) is 6.29 Å². The first kappa shape index (κ1) is 17.1. The van der Waals surface area contributed by atoms with Crippen LogP contribution in [0.25, 0.3) is 11.1 Å². The molecule has 2 aromatic carbocycles. The summed E-state index contributed by atoms with van der Waals surface area (Å²) in [5.41, 5.74) is 2.22. The van der Waals surface area contributed by atoms with Gasteiger partial charge in [0.1, 0.15) is 5.82 Å². The molecule has 0 unspecified atom stereocenters. The molecule has 4 rings (SSSR count). The Kier molecular flexibility index (Phi) is 4.48. The molecule has 1 aromatic heterocycles. The standard InChI is InChI=1S/C20H13ClN2O4/c21-16-4-2-1-3-14(16)20(25)23-19-6-5-12(9-22-19)15-8-18-17(26-11-27-18)7-13(15)10-24/h1-10H,11H2,(H,22,23,25). The van der Waals surface area contributed by atoms with Gasteiger partial charge in [-0.2, -0.15) is 0 Å². The number of benzene rings is 2. The van der Waals surface area contributed by atoms with Gasteiger partial charge in [0.05, 0.1) is 10.6 Å². The first-order valence-electron chi connectivity index (χ1n) is 8.07. The quantitative estimate of drug-likeness (QED) is 0.686. The Labute approximate surface area is 159 Å². The predicted octanol–water partition coefficient (Wildman–Crippen LogP) is 4.20. The Balaban J connectivity index is 1.59. The van der Waals surface area contributed by atoms with Crippen LogP contribution in [-0.2, 0) is 0 Å². The van der Waals surface area contributed by atoms with Gasteiger partial charge in [0, 0.05) is 17.3 Å². The average molecular weight is 381 g/mol. The third kappa shape index (κ3) is 3.35. The number of carbonyl (C=O) groups excluding carboxylic acids is 2. The van der Waals surface area contributed by atoms with E-state index in [0.29, 0.717) is 44.6 Å². The molecular formula is C20H13ClN2O4. The van der Waals surface area contributed by atoms with Gasteiger partial charge in [-0.1, -0.05) is 23.7 Å². The van der Waals surface area contributed by atoms with Crippen molar-refractivity contribution < 1.29 is 19.1 Å². The molecule has 7 heteroatoms. The van der Waals surface area contributed by atoms with Gasteiger partial charge in [-0.3, -0.25) is 9.59 Å². The van der Waals surface area contributed by atoms with Crippen LogP contribution in [0.15, 0.2) is 54.7 Å². The lowest BCUT2D eigenvalue weighted by Crippen LogP contribution is -2.13. The molecule has 1 aliphatic rings. The number of nitrogens with zero attached hydrogens (tertiary/aromatic N) is 1. The van der Waals surface area contributed by atoms with Gasteiger partial charge in [-0.05, 0) is 42.0 Å². The lowest BCUT2D eigenvalue weighted by Gasteiger charge is -2.09. The number of carbonyl (C=O) groups is 2. The second kappa shape index (κ2) is 7.09. The Bertz CT molecular complexity index is 1030. The molecule has 2 heterocycles. The smallest absolute Gasteiger partial charge is 0.258 e. The van der Waals surface area contributed by atoms with Gasteiger partial charge in [0.15, 0.2) is 17.8 Å². The van der Waals surface area contributed by atoms with E-state index < -0.39 is 0 Å². The fourth-order valence-electron chi connectivity index (χ4n) is 2.76. The lowest BCUT2D eigenvalue weighted by atomic mass is 10.0. The molecule has 134 valence electrons. The maximum atomic E-state index is 12.3. The van der Waals surface area contributed by atoms with Crippen LogP contribution in [0.1, 0.15) is 20.7 Å². The van der Waals surface area contributed by atoms with E-state index in [9.17, 15) is 9.59 Å². The molecule has 0 bridgehead atoms. The number of ether oxygens (including phenoxy) is 2. The van der Waals surface area contributed by atoms with E-state index in [1.54, 1.807) is 54.7 Å². The van der Waals surface area contributed by atoms with Gasteiger partial charge in [0.2, 0.25) is 6.79 Å². The van der Waals surface area contributed by atoms with Crippen LogP contribution < -0.4 is 14.8 Å². The van der Waals surface area contributed by atoms with Crippen LogP contribution >= 0.6 is 11.6 Å². The van der Waals surface area contributed by atoms with Crippen molar-refractivity contribution in [2.24, 2.45) is 0 Å². The summed E-state index contributed by atoms with van der Waals surface area (Å²) in [5.74, 6) is 1.14. The van der Waals surface area contributed by atoms with E-state index in [2.05, 4.69) is 10.3 Å². The van der Waals surface area contributed by atoms with Crippen LogP contribution in [0.2, 0.25) is 5.02 Å². The predicted molar refractivity (Wildman–Crippen MR) is 101 cm³/mol. The number of fused-ring (bicyclic) bond motifs is 1. The number of halogens is 1. The van der Waals surface area contributed by atoms with Crippen molar-refractivity contribution in [2.75, 3.05) is 12.1 Å². The van der Waals surface area contributed by atoms with Crippen molar-refractivity contribution in [2.45, 2.75) is 0 Å². The number of hydrogen-bond donors (Lipinski definition) is 1. The number of anilines is 1. The topological polar surface area (TPSA) is 77.5 Å². The second-order valence-corrected chi connectivity index (χ2v) is 6.18. The zero-order chi connectivity index (χ0) is 18.8. The van der Waals surface area contributed by atoms with Crippen LogP contribution in [0.3, 0.4) is 0 Å². The molecule has 27 heavy (non-hydrogen) atoms. The molecule has 3 aromatic rings. The first-order valence-corrected chi connectivity index (χ1v) is 8.44. The fourth-order valence-corrected chi connectivity index (χ4v) is 2.98. The summed E-state index contributed by atoms with van der Waals surface area (Å²) >= 11 is 6.03. The van der Waals surface area contributed by atoms with E-state index in [4.69, 9.17) is 21.1 Å². The third-order valence-corrected chi connectivity index (χ3v) is 4.44. The van der Waals surface area contributed by atoms with Crippen molar-refractivity contribution in [3.05, 3.63) is 70.9 Å². The number of amides is 1. The fraction of sp³-hybridized carbons (Fsp3) is 0.0500. The van der Waals surface area contributed by atoms with E-state index in [-0.39, 0.29) is 12.7 Å². The van der Waals surface area contributed by atoms with E-state index in [1.165, 1.54) is 0 Å². The van der Waals surface area contributed by atoms with Gasteiger partial charge in [-0.15, -0.1) is 0 Å². The highest BCUT2D eigenvalue weighted by atomic mass is 35.5. The maximum Gasteiger partial charge on any atom is 0.258 e. The van der Waals surface area contributed by atoms with Crippen molar-refractivity contribution in [3.8, 4) is 22.6 Å². The number of hydrogen-bond acceptors (Lipinski definition) is 5. The molecule has 0 atom stereocenters. The first-order chi connectivity index (χ1) is 13.2. The van der Waals surface area contributed by atoms with Crippen molar-refractivity contribution in [3.63, 3.8) is 0 Å². The Morgan fingerprint density at radius 1 is 1.11 bits per heavy atom. The number of aldehydes is 1. The number of rotatable bonds is 4. The molecule has 0 fully saturated rings. The lowest BCUT2D eigenvalue weighted by molar-refractivity contribution is 0.102. The Hall–Kier alpha value is -3.38. The summed E-state index contributed by atoms with van der Waals surface area (Å²) in [6, 6.07) is 13.6. The van der Waals surface area contributed by atoms with Crippen LogP contribution in [-0.4, -0.2) is 24.0 Å². The number of pyridine rings is 1. The summed E-state index contributed by atoms with van der Waals surface area (Å²) in [5, 5.41) is 3.06. The summed E-state index contributed by atoms with van der Waals surface area (Å²) < 4.78 is 10.7. The zero-order valence-electron chi connectivity index (χ0n) is 13.9. The SMILES string of the molecule is O=Cc1cc2c(cc1-c1ccc(NC(=O)c3ccccc3Cl)nc1)OCO2. The van der Waals surface area contributed by atoms with Gasteiger partial charge < -0.3 is 14.8 Å². The minimum absolute atomic E-state index is 0.127. The number of aromatic nitrogens is 1. The molecule has 6 nitrogen and oxygen atoms in total. The highest BCUT2D eigenvalue weighted by Gasteiger charge is 2.18. The van der Waals surface area contributed by atoms with Gasteiger partial charge in [0.25, 0.3) is 5.91 Å². The molecule has 0 aliphatic carbocycles. The minimum Gasteiger partial charge on any atom is -0.454 e. The molecule has 1 aliphatic heterocycles. The maximum absolute atomic E-state index is 12.3. The Morgan fingerprint density at radius 2 is 1.89 bits per heavy atom. The Morgan fingerprint density at radius 3 is 2.59 bits per heavy atom. The van der Waals surface area contributed by atoms with E-state index in [1.807, 2.05) is 0 Å². The average Bonchev–Trinajstić information content (AvgIpc) is 3.15. The highest BCUT2D eigenvalue weighted by Crippen LogP contribution is 2.38. The molecule has 0 saturated heterocycles. The van der Waals surface area contributed by atoms with Gasteiger partial charge in [-0.25, -0.2) is 4.98 Å². The highest BCUT2D eigenvalue weighted by molar-refractivity contribution is 6.34. The molecule has 1 amide bonds. The summed E-state index contributed by atoms with van der Waals surface area (Å²) in [6.45, 7) is 0.127. The van der Waals surface area contributed by atoms with Gasteiger partial charge >= 0.3 is 0 Å². The van der Waals surface area contributed by atoms with Crippen LogP contribution in [0.5, 0.6) is 11.5 Å². The summed E-state index contributed by atoms with van der Waals surface area (Å²) in [4.78, 5) is 28.0. The molecular weight excluding hydrogens is 368 g/mol. The van der Waals surface area contributed by atoms with E-state index >= 15 is 0 Å².